The average Bonchev–Trinajstić information content (AvgIpc) is 2.47. The van der Waals surface area contributed by atoms with Crippen LogP contribution in [0.3, 0.4) is 0 Å². The van der Waals surface area contributed by atoms with Crippen LogP contribution in [0, 0.1) is 5.82 Å². The molecule has 2 aromatic rings. The van der Waals surface area contributed by atoms with Crippen molar-refractivity contribution < 1.29 is 4.39 Å². The number of hydrogen-bond donors (Lipinski definition) is 1. The Morgan fingerprint density at radius 3 is 2.59 bits per heavy atom. The monoisotopic (exact) mass is 321 g/mol. The highest BCUT2D eigenvalue weighted by atomic mass is 35.5. The fourth-order valence-electron chi connectivity index (χ4n) is 2.61. The van der Waals surface area contributed by atoms with Crippen molar-refractivity contribution in [3.8, 4) is 0 Å². The van der Waals surface area contributed by atoms with Gasteiger partial charge in [-0.05, 0) is 17.7 Å². The largest absolute Gasteiger partial charge is 0.368 e. The zero-order valence-electron chi connectivity index (χ0n) is 12.0. The molecule has 1 aliphatic heterocycles. The second-order valence-electron chi connectivity index (χ2n) is 5.30. The summed E-state index contributed by atoms with van der Waals surface area (Å²) >= 11 is 5.92. The van der Waals surface area contributed by atoms with Crippen LogP contribution in [0.5, 0.6) is 0 Å². The van der Waals surface area contributed by atoms with Crippen LogP contribution < -0.4 is 10.6 Å². The van der Waals surface area contributed by atoms with Crippen molar-refractivity contribution in [1.82, 2.24) is 14.9 Å². The van der Waals surface area contributed by atoms with E-state index in [-0.39, 0.29) is 11.8 Å². The van der Waals surface area contributed by atoms with Crippen LogP contribution in [0.15, 0.2) is 30.3 Å². The molecule has 0 spiro atoms. The highest BCUT2D eigenvalue weighted by Gasteiger charge is 2.19. The van der Waals surface area contributed by atoms with Crippen LogP contribution >= 0.6 is 11.6 Å². The summed E-state index contributed by atoms with van der Waals surface area (Å²) in [5.74, 6) is 0.745. The lowest BCUT2D eigenvalue weighted by molar-refractivity contribution is 0.249. The van der Waals surface area contributed by atoms with E-state index in [1.165, 1.54) is 6.07 Å². The van der Waals surface area contributed by atoms with Gasteiger partial charge in [-0.1, -0.05) is 23.7 Å². The van der Waals surface area contributed by atoms with E-state index in [2.05, 4.69) is 19.8 Å². The molecule has 116 valence electrons. The maximum absolute atomic E-state index is 13.2. The van der Waals surface area contributed by atoms with E-state index >= 15 is 0 Å². The summed E-state index contributed by atoms with van der Waals surface area (Å²) in [5, 5.41) is 0.352. The number of rotatable bonds is 3. The highest BCUT2D eigenvalue weighted by molar-refractivity contribution is 6.29. The third-order valence-electron chi connectivity index (χ3n) is 3.69. The molecule has 2 N–H and O–H groups in total. The zero-order chi connectivity index (χ0) is 15.5. The summed E-state index contributed by atoms with van der Waals surface area (Å²) in [7, 11) is 0. The summed E-state index contributed by atoms with van der Waals surface area (Å²) in [6, 6.07) is 8.45. The molecule has 5 nitrogen and oxygen atoms in total. The minimum Gasteiger partial charge on any atom is -0.368 e. The van der Waals surface area contributed by atoms with Gasteiger partial charge in [-0.15, -0.1) is 0 Å². The number of benzene rings is 1. The van der Waals surface area contributed by atoms with Gasteiger partial charge in [0.05, 0.1) is 0 Å². The van der Waals surface area contributed by atoms with Crippen molar-refractivity contribution in [2.24, 2.45) is 0 Å². The lowest BCUT2D eigenvalue weighted by Gasteiger charge is -2.35. The molecule has 1 aromatic heterocycles. The molecular formula is C15H17ClFN5. The van der Waals surface area contributed by atoms with Gasteiger partial charge in [0.15, 0.2) is 0 Å². The molecule has 1 saturated heterocycles. The van der Waals surface area contributed by atoms with Crippen molar-refractivity contribution >= 4 is 23.4 Å². The Balaban J connectivity index is 1.60. The third-order valence-corrected chi connectivity index (χ3v) is 3.88. The van der Waals surface area contributed by atoms with Gasteiger partial charge in [-0.25, -0.2) is 9.37 Å². The number of nitrogens with zero attached hydrogens (tertiary/aromatic N) is 4. The Labute approximate surface area is 133 Å². The van der Waals surface area contributed by atoms with Crippen LogP contribution in [0.4, 0.5) is 16.2 Å². The molecule has 0 aliphatic carbocycles. The van der Waals surface area contributed by atoms with Gasteiger partial charge >= 0.3 is 0 Å². The SMILES string of the molecule is Nc1nc(Cl)cc(N2CCN(Cc3cccc(F)c3)CC2)n1. The van der Waals surface area contributed by atoms with Crippen LogP contribution in [0.25, 0.3) is 0 Å². The summed E-state index contributed by atoms with van der Waals surface area (Å²) < 4.78 is 13.2. The molecule has 0 bridgehead atoms. The summed E-state index contributed by atoms with van der Waals surface area (Å²) in [6.45, 7) is 4.14. The van der Waals surface area contributed by atoms with Crippen molar-refractivity contribution in [2.75, 3.05) is 36.8 Å². The Kier molecular flexibility index (Phi) is 4.40. The fourth-order valence-corrected chi connectivity index (χ4v) is 2.80. The van der Waals surface area contributed by atoms with E-state index in [0.29, 0.717) is 5.15 Å². The number of piperazine rings is 1. The minimum atomic E-state index is -0.192. The first-order valence-corrected chi connectivity index (χ1v) is 7.50. The molecule has 0 amide bonds. The van der Waals surface area contributed by atoms with Gasteiger partial charge in [-0.2, -0.15) is 4.98 Å². The van der Waals surface area contributed by atoms with E-state index in [4.69, 9.17) is 17.3 Å². The summed E-state index contributed by atoms with van der Waals surface area (Å²) in [6.07, 6.45) is 0. The van der Waals surface area contributed by atoms with Crippen LogP contribution in [0.2, 0.25) is 5.15 Å². The second-order valence-corrected chi connectivity index (χ2v) is 5.69. The Bertz CT molecular complexity index is 638. The molecule has 0 unspecified atom stereocenters. The van der Waals surface area contributed by atoms with E-state index in [1.807, 2.05) is 6.07 Å². The van der Waals surface area contributed by atoms with E-state index < -0.39 is 0 Å². The molecule has 2 heterocycles. The first kappa shape index (κ1) is 15.0. The van der Waals surface area contributed by atoms with E-state index in [1.54, 1.807) is 18.2 Å². The maximum Gasteiger partial charge on any atom is 0.223 e. The molecule has 1 fully saturated rings. The van der Waals surface area contributed by atoms with E-state index in [0.717, 1.165) is 44.1 Å². The smallest absolute Gasteiger partial charge is 0.223 e. The maximum atomic E-state index is 13.2. The Morgan fingerprint density at radius 2 is 1.91 bits per heavy atom. The quantitative estimate of drug-likeness (QED) is 0.878. The number of halogens is 2. The predicted molar refractivity (Wildman–Crippen MR) is 85.3 cm³/mol. The first-order valence-electron chi connectivity index (χ1n) is 7.12. The summed E-state index contributed by atoms with van der Waals surface area (Å²) in [5.41, 5.74) is 6.62. The van der Waals surface area contributed by atoms with Gasteiger partial charge in [0, 0.05) is 38.8 Å². The fraction of sp³-hybridized carbons (Fsp3) is 0.333. The van der Waals surface area contributed by atoms with Crippen LogP contribution in [-0.4, -0.2) is 41.0 Å². The van der Waals surface area contributed by atoms with Gasteiger partial charge < -0.3 is 10.6 Å². The van der Waals surface area contributed by atoms with Crippen molar-refractivity contribution in [1.29, 1.82) is 0 Å². The Hall–Kier alpha value is -1.92. The average molecular weight is 322 g/mol. The van der Waals surface area contributed by atoms with Crippen molar-refractivity contribution in [2.45, 2.75) is 6.54 Å². The molecule has 22 heavy (non-hydrogen) atoms. The number of anilines is 2. The molecule has 1 aromatic carbocycles. The van der Waals surface area contributed by atoms with Crippen LogP contribution in [0.1, 0.15) is 5.56 Å². The lowest BCUT2D eigenvalue weighted by atomic mass is 10.2. The molecule has 0 saturated carbocycles. The molecule has 0 atom stereocenters. The Morgan fingerprint density at radius 1 is 1.14 bits per heavy atom. The molecule has 7 heteroatoms. The van der Waals surface area contributed by atoms with Gasteiger partial charge in [-0.3, -0.25) is 4.90 Å². The van der Waals surface area contributed by atoms with Crippen molar-refractivity contribution in [3.63, 3.8) is 0 Å². The molecule has 3 rings (SSSR count). The second kappa shape index (κ2) is 6.46. The predicted octanol–water partition coefficient (Wildman–Crippen LogP) is 2.17. The third kappa shape index (κ3) is 3.64. The zero-order valence-corrected chi connectivity index (χ0v) is 12.8. The summed E-state index contributed by atoms with van der Waals surface area (Å²) in [4.78, 5) is 12.5. The standard InChI is InChI=1S/C15H17ClFN5/c16-13-9-14(20-15(18)19-13)22-6-4-21(5-7-22)10-11-2-1-3-12(17)8-11/h1-3,8-9H,4-7,10H2,(H2,18,19,20). The number of hydrogen-bond acceptors (Lipinski definition) is 5. The minimum absolute atomic E-state index is 0.185. The van der Waals surface area contributed by atoms with Gasteiger partial charge in [0.2, 0.25) is 5.95 Å². The topological polar surface area (TPSA) is 58.3 Å². The molecule has 1 aliphatic rings. The first-order chi connectivity index (χ1) is 10.6. The van der Waals surface area contributed by atoms with Crippen molar-refractivity contribution in [3.05, 3.63) is 46.9 Å². The molecule has 0 radical (unpaired) electrons. The number of aromatic nitrogens is 2. The number of nitrogens with two attached hydrogens (primary N) is 1. The van der Waals surface area contributed by atoms with Gasteiger partial charge in [0.1, 0.15) is 16.8 Å². The lowest BCUT2D eigenvalue weighted by Crippen LogP contribution is -2.46. The normalized spacial score (nSPS) is 16.0. The van der Waals surface area contributed by atoms with Crippen LogP contribution in [-0.2, 0) is 6.54 Å². The van der Waals surface area contributed by atoms with Gasteiger partial charge in [0.25, 0.3) is 0 Å². The van der Waals surface area contributed by atoms with E-state index in [9.17, 15) is 4.39 Å². The molecular weight excluding hydrogens is 305 g/mol. The number of nitrogen functional groups attached to an aromatic ring is 1. The highest BCUT2D eigenvalue weighted by Crippen LogP contribution is 2.19.